The van der Waals surface area contributed by atoms with Crippen molar-refractivity contribution in [2.75, 3.05) is 19.0 Å². The van der Waals surface area contributed by atoms with E-state index >= 15 is 0 Å². The van der Waals surface area contributed by atoms with Crippen LogP contribution >= 0.6 is 0 Å². The van der Waals surface area contributed by atoms with Gasteiger partial charge in [-0.1, -0.05) is 39.5 Å². The summed E-state index contributed by atoms with van der Waals surface area (Å²) in [5.74, 6) is 0.953. The van der Waals surface area contributed by atoms with E-state index in [0.717, 1.165) is 18.9 Å². The molecule has 0 bridgehead atoms. The number of aromatic nitrogens is 2. The Balaban J connectivity index is 2.20. The lowest BCUT2D eigenvalue weighted by Gasteiger charge is -2.07. The van der Waals surface area contributed by atoms with Crippen molar-refractivity contribution >= 4 is 11.8 Å². The quantitative estimate of drug-likeness (QED) is 0.555. The number of unbranched alkanes of at least 4 members (excludes halogenated alkanes) is 3. The Morgan fingerprint density at radius 3 is 2.70 bits per heavy atom. The fraction of sp³-hybridized carbons (Fsp3) is 0.667. The van der Waals surface area contributed by atoms with Crippen molar-refractivity contribution in [1.82, 2.24) is 9.97 Å². The average molecular weight is 279 g/mol. The zero-order valence-corrected chi connectivity index (χ0v) is 12.7. The van der Waals surface area contributed by atoms with Gasteiger partial charge in [-0.3, -0.25) is 4.98 Å². The van der Waals surface area contributed by atoms with E-state index < -0.39 is 5.97 Å². The van der Waals surface area contributed by atoms with Crippen molar-refractivity contribution in [3.63, 3.8) is 0 Å². The summed E-state index contributed by atoms with van der Waals surface area (Å²) in [7, 11) is 1.33. The van der Waals surface area contributed by atoms with E-state index in [-0.39, 0.29) is 5.69 Å². The summed E-state index contributed by atoms with van der Waals surface area (Å²) in [6.45, 7) is 5.37. The summed E-state index contributed by atoms with van der Waals surface area (Å²) in [5.41, 5.74) is 0.231. The van der Waals surface area contributed by atoms with Crippen molar-refractivity contribution in [3.8, 4) is 0 Å². The average Bonchev–Trinajstić information content (AvgIpc) is 2.45. The molecule has 1 aromatic rings. The number of ether oxygens (including phenoxy) is 1. The molecule has 0 aliphatic heterocycles. The predicted molar refractivity (Wildman–Crippen MR) is 79.8 cm³/mol. The van der Waals surface area contributed by atoms with Crippen LogP contribution in [-0.2, 0) is 4.74 Å². The molecule has 112 valence electrons. The van der Waals surface area contributed by atoms with E-state index in [1.165, 1.54) is 39.0 Å². The van der Waals surface area contributed by atoms with Crippen molar-refractivity contribution < 1.29 is 9.53 Å². The van der Waals surface area contributed by atoms with Crippen LogP contribution < -0.4 is 5.32 Å². The SMILES string of the molecule is COC(=O)c1cncc(NCCCCCCC(C)C)n1. The Morgan fingerprint density at radius 1 is 1.25 bits per heavy atom. The molecule has 0 spiro atoms. The lowest BCUT2D eigenvalue weighted by molar-refractivity contribution is 0.0593. The molecule has 1 rings (SSSR count). The van der Waals surface area contributed by atoms with Gasteiger partial charge in [0, 0.05) is 6.54 Å². The van der Waals surface area contributed by atoms with E-state index in [4.69, 9.17) is 0 Å². The van der Waals surface area contributed by atoms with Gasteiger partial charge in [-0.15, -0.1) is 0 Å². The Labute approximate surface area is 121 Å². The molecule has 0 aromatic carbocycles. The van der Waals surface area contributed by atoms with Gasteiger partial charge in [0.05, 0.1) is 19.5 Å². The number of nitrogens with one attached hydrogen (secondary N) is 1. The number of carbonyl (C=O) groups excluding carboxylic acids is 1. The Kier molecular flexibility index (Phi) is 7.62. The molecule has 0 unspecified atom stereocenters. The highest BCUT2D eigenvalue weighted by atomic mass is 16.5. The number of esters is 1. The molecule has 0 aliphatic rings. The molecule has 20 heavy (non-hydrogen) atoms. The fourth-order valence-corrected chi connectivity index (χ4v) is 1.90. The van der Waals surface area contributed by atoms with Gasteiger partial charge in [0.2, 0.25) is 0 Å². The Hall–Kier alpha value is -1.65. The van der Waals surface area contributed by atoms with Crippen LogP contribution in [0.1, 0.15) is 56.4 Å². The molecule has 1 heterocycles. The molecular weight excluding hydrogens is 254 g/mol. The van der Waals surface area contributed by atoms with Gasteiger partial charge in [0.25, 0.3) is 0 Å². The molecule has 1 aromatic heterocycles. The third-order valence-electron chi connectivity index (χ3n) is 3.04. The maximum Gasteiger partial charge on any atom is 0.358 e. The van der Waals surface area contributed by atoms with Crippen LogP contribution in [0, 0.1) is 5.92 Å². The molecule has 0 saturated heterocycles. The first-order valence-electron chi connectivity index (χ1n) is 7.27. The molecule has 5 heteroatoms. The minimum absolute atomic E-state index is 0.231. The summed E-state index contributed by atoms with van der Waals surface area (Å²) in [6.07, 6.45) is 9.21. The minimum atomic E-state index is -0.463. The minimum Gasteiger partial charge on any atom is -0.464 e. The van der Waals surface area contributed by atoms with Crippen LogP contribution in [-0.4, -0.2) is 29.6 Å². The second-order valence-corrected chi connectivity index (χ2v) is 5.30. The van der Waals surface area contributed by atoms with Crippen LogP contribution in [0.5, 0.6) is 0 Å². The molecular formula is C15H25N3O2. The molecule has 0 aliphatic carbocycles. The third-order valence-corrected chi connectivity index (χ3v) is 3.04. The lowest BCUT2D eigenvalue weighted by atomic mass is 10.0. The molecule has 0 amide bonds. The van der Waals surface area contributed by atoms with Crippen LogP contribution in [0.3, 0.4) is 0 Å². The van der Waals surface area contributed by atoms with Crippen molar-refractivity contribution in [1.29, 1.82) is 0 Å². The topological polar surface area (TPSA) is 64.1 Å². The first-order chi connectivity index (χ1) is 9.63. The largest absolute Gasteiger partial charge is 0.464 e. The first kappa shape index (κ1) is 16.4. The van der Waals surface area contributed by atoms with Crippen molar-refractivity contribution in [2.45, 2.75) is 46.0 Å². The highest BCUT2D eigenvalue weighted by molar-refractivity contribution is 5.87. The molecule has 0 atom stereocenters. The summed E-state index contributed by atoms with van der Waals surface area (Å²) in [5, 5.41) is 3.18. The van der Waals surface area contributed by atoms with Crippen LogP contribution in [0.25, 0.3) is 0 Å². The van der Waals surface area contributed by atoms with Gasteiger partial charge < -0.3 is 10.1 Å². The van der Waals surface area contributed by atoms with E-state index in [2.05, 4.69) is 33.9 Å². The smallest absolute Gasteiger partial charge is 0.358 e. The predicted octanol–water partition coefficient (Wildman–Crippen LogP) is 3.28. The van der Waals surface area contributed by atoms with E-state index in [0.29, 0.717) is 5.82 Å². The number of hydrogen-bond acceptors (Lipinski definition) is 5. The number of anilines is 1. The normalized spacial score (nSPS) is 10.6. The highest BCUT2D eigenvalue weighted by Crippen LogP contribution is 2.10. The number of nitrogens with zero attached hydrogens (tertiary/aromatic N) is 2. The molecule has 0 fully saturated rings. The summed E-state index contributed by atoms with van der Waals surface area (Å²) >= 11 is 0. The molecule has 0 radical (unpaired) electrons. The lowest BCUT2D eigenvalue weighted by Crippen LogP contribution is -2.09. The van der Waals surface area contributed by atoms with Crippen LogP contribution in [0.2, 0.25) is 0 Å². The first-order valence-corrected chi connectivity index (χ1v) is 7.27. The summed E-state index contributed by atoms with van der Waals surface area (Å²) in [4.78, 5) is 19.4. The summed E-state index contributed by atoms with van der Waals surface area (Å²) < 4.78 is 4.61. The number of methoxy groups -OCH3 is 1. The fourth-order valence-electron chi connectivity index (χ4n) is 1.90. The second-order valence-electron chi connectivity index (χ2n) is 5.30. The van der Waals surface area contributed by atoms with Gasteiger partial charge in [0.15, 0.2) is 5.69 Å². The summed E-state index contributed by atoms with van der Waals surface area (Å²) in [6, 6.07) is 0. The molecule has 0 saturated carbocycles. The number of hydrogen-bond donors (Lipinski definition) is 1. The van der Waals surface area contributed by atoms with E-state index in [1.807, 2.05) is 0 Å². The van der Waals surface area contributed by atoms with Gasteiger partial charge in [-0.05, 0) is 12.3 Å². The van der Waals surface area contributed by atoms with Gasteiger partial charge in [-0.25, -0.2) is 9.78 Å². The van der Waals surface area contributed by atoms with Crippen molar-refractivity contribution in [2.24, 2.45) is 5.92 Å². The van der Waals surface area contributed by atoms with Crippen LogP contribution in [0.4, 0.5) is 5.82 Å². The van der Waals surface area contributed by atoms with E-state index in [1.54, 1.807) is 6.20 Å². The number of carbonyl (C=O) groups is 1. The molecule has 5 nitrogen and oxygen atoms in total. The Morgan fingerprint density at radius 2 is 2.00 bits per heavy atom. The third kappa shape index (κ3) is 6.50. The maximum absolute atomic E-state index is 11.3. The van der Waals surface area contributed by atoms with Gasteiger partial charge >= 0.3 is 5.97 Å². The number of rotatable bonds is 9. The van der Waals surface area contributed by atoms with Gasteiger partial charge in [0.1, 0.15) is 5.82 Å². The zero-order valence-electron chi connectivity index (χ0n) is 12.7. The van der Waals surface area contributed by atoms with Crippen LogP contribution in [0.15, 0.2) is 12.4 Å². The van der Waals surface area contributed by atoms with Gasteiger partial charge in [-0.2, -0.15) is 0 Å². The monoisotopic (exact) mass is 279 g/mol. The second kappa shape index (κ2) is 9.28. The zero-order chi connectivity index (χ0) is 14.8. The standard InChI is InChI=1S/C15H25N3O2/c1-12(2)8-6-4-5-7-9-17-14-11-16-10-13(18-14)15(19)20-3/h10-12H,4-9H2,1-3H3,(H,17,18). The maximum atomic E-state index is 11.3. The molecule has 1 N–H and O–H groups in total. The van der Waals surface area contributed by atoms with E-state index in [9.17, 15) is 4.79 Å². The van der Waals surface area contributed by atoms with Crippen molar-refractivity contribution in [3.05, 3.63) is 18.1 Å². The highest BCUT2D eigenvalue weighted by Gasteiger charge is 2.07. The Bertz CT molecular complexity index is 408.